The molecule has 1 unspecified atom stereocenters. The summed E-state index contributed by atoms with van der Waals surface area (Å²) in [6, 6.07) is 9.24. The van der Waals surface area contributed by atoms with Gasteiger partial charge in [0, 0.05) is 22.4 Å². The maximum absolute atomic E-state index is 11.1. The van der Waals surface area contributed by atoms with E-state index in [1.807, 2.05) is 24.3 Å². The Bertz CT molecular complexity index is 951. The highest BCUT2D eigenvalue weighted by molar-refractivity contribution is 7.99. The fourth-order valence-corrected chi connectivity index (χ4v) is 4.51. The topological polar surface area (TPSA) is 88.4 Å². The molecule has 0 heterocycles. The molecule has 2 aromatic carbocycles. The van der Waals surface area contributed by atoms with Crippen LogP contribution in [0.1, 0.15) is 55.7 Å². The highest BCUT2D eigenvalue weighted by Crippen LogP contribution is 2.34. The Morgan fingerprint density at radius 1 is 1.27 bits per heavy atom. The molecule has 1 atom stereocenters. The van der Waals surface area contributed by atoms with Crippen molar-refractivity contribution in [2.24, 2.45) is 5.16 Å². The average Bonchev–Trinajstić information content (AvgIpc) is 2.80. The molecule has 6 nitrogen and oxygen atoms in total. The fraction of sp³-hybridized carbons (Fsp3) is 0.440. The number of halogens is 1. The van der Waals surface area contributed by atoms with Crippen molar-refractivity contribution in [3.05, 3.63) is 52.0 Å². The van der Waals surface area contributed by atoms with E-state index in [1.165, 1.54) is 7.11 Å². The van der Waals surface area contributed by atoms with Gasteiger partial charge in [-0.2, -0.15) is 0 Å². The lowest BCUT2D eigenvalue weighted by Crippen LogP contribution is -2.07. The lowest BCUT2D eigenvalue weighted by atomic mass is 10.0. The summed E-state index contributed by atoms with van der Waals surface area (Å²) in [6.45, 7) is 4.24. The van der Waals surface area contributed by atoms with Crippen molar-refractivity contribution in [3.8, 4) is 11.5 Å². The molecule has 0 bridgehead atoms. The number of carbonyl (C=O) groups is 1. The molecule has 2 N–H and O–H groups in total. The zero-order valence-electron chi connectivity index (χ0n) is 19.3. The van der Waals surface area contributed by atoms with E-state index < -0.39 is 11.9 Å². The molecule has 0 aliphatic rings. The highest BCUT2D eigenvalue weighted by Gasteiger charge is 2.15. The summed E-state index contributed by atoms with van der Waals surface area (Å²) in [6.07, 6.45) is 5.50. The summed E-state index contributed by atoms with van der Waals surface area (Å²) in [5, 5.41) is 24.2. The number of rotatable bonds is 14. The van der Waals surface area contributed by atoms with Crippen molar-refractivity contribution < 1.29 is 24.6 Å². The molecule has 0 radical (unpaired) electrons. The van der Waals surface area contributed by atoms with E-state index >= 15 is 0 Å². The summed E-state index contributed by atoms with van der Waals surface area (Å²) in [7, 11) is 1.51. The molecule has 0 spiro atoms. The van der Waals surface area contributed by atoms with Crippen LogP contribution in [0.2, 0.25) is 5.02 Å². The van der Waals surface area contributed by atoms with Crippen molar-refractivity contribution >= 4 is 35.5 Å². The van der Waals surface area contributed by atoms with Gasteiger partial charge in [-0.15, -0.1) is 11.8 Å². The second-order valence-electron chi connectivity index (χ2n) is 7.61. The number of carboxylic acid groups (broad SMARTS) is 1. The number of nitrogens with zero attached hydrogens (tertiary/aromatic N) is 1. The minimum absolute atomic E-state index is 0.303. The van der Waals surface area contributed by atoms with E-state index in [0.29, 0.717) is 35.8 Å². The Balaban J connectivity index is 1.90. The lowest BCUT2D eigenvalue weighted by molar-refractivity contribution is -0.138. The van der Waals surface area contributed by atoms with Crippen LogP contribution in [-0.2, 0) is 22.5 Å². The molecule has 0 saturated carbocycles. The third-order valence-electron chi connectivity index (χ3n) is 5.18. The average molecular weight is 494 g/mol. The van der Waals surface area contributed by atoms with Gasteiger partial charge < -0.3 is 19.8 Å². The van der Waals surface area contributed by atoms with Gasteiger partial charge in [0.2, 0.25) is 0 Å². The number of carboxylic acids is 1. The summed E-state index contributed by atoms with van der Waals surface area (Å²) in [5.74, 6) is 0.369. The first kappa shape index (κ1) is 26.9. The van der Waals surface area contributed by atoms with Gasteiger partial charge in [0.25, 0.3) is 0 Å². The minimum Gasteiger partial charge on any atom is -0.507 e. The van der Waals surface area contributed by atoms with Crippen molar-refractivity contribution in [2.45, 2.75) is 56.8 Å². The second-order valence-corrected chi connectivity index (χ2v) is 9.15. The number of thioether (sulfide) groups is 1. The number of benzene rings is 2. The quantitative estimate of drug-likeness (QED) is 0.139. The van der Waals surface area contributed by atoms with Gasteiger partial charge in [0.1, 0.15) is 18.6 Å². The summed E-state index contributed by atoms with van der Waals surface area (Å²) < 4.78 is 6.00. The van der Waals surface area contributed by atoms with Crippen molar-refractivity contribution in [1.82, 2.24) is 0 Å². The molecule has 0 aliphatic heterocycles. The molecule has 0 saturated heterocycles. The van der Waals surface area contributed by atoms with Crippen LogP contribution < -0.4 is 4.74 Å². The summed E-state index contributed by atoms with van der Waals surface area (Å²) in [4.78, 5) is 16.7. The number of hydrogen-bond acceptors (Lipinski definition) is 6. The first-order chi connectivity index (χ1) is 15.9. The minimum atomic E-state index is -0.870. The standard InChI is InChI=1S/C25H32ClNO5S/c1-4-7-20-22(11-9-18(24(20)28)8-5-13-27-31-3)32-14-6-15-33-23-12-10-19(16-21(23)26)17(2)25(29)30/h9-13,16-17,28H,4-8,14-15H2,1-3H3,(H,29,30). The monoisotopic (exact) mass is 493 g/mol. The van der Waals surface area contributed by atoms with Gasteiger partial charge in [-0.3, -0.25) is 4.79 Å². The number of aryl methyl sites for hydroxylation is 1. The number of oxime groups is 1. The number of aliphatic carboxylic acids is 1. The van der Waals surface area contributed by atoms with E-state index in [1.54, 1.807) is 31.0 Å². The van der Waals surface area contributed by atoms with Gasteiger partial charge in [0.05, 0.1) is 17.5 Å². The molecule has 180 valence electrons. The number of ether oxygens (including phenoxy) is 1. The molecule has 0 aliphatic carbocycles. The van der Waals surface area contributed by atoms with E-state index in [-0.39, 0.29) is 0 Å². The third kappa shape index (κ3) is 8.16. The SMILES string of the molecule is CCCc1c(OCCCSc2ccc(C(C)C(=O)O)cc2Cl)ccc(CCC=NOC)c1O. The predicted octanol–water partition coefficient (Wildman–Crippen LogP) is 6.31. The van der Waals surface area contributed by atoms with Crippen molar-refractivity contribution in [1.29, 1.82) is 0 Å². The van der Waals surface area contributed by atoms with Crippen LogP contribution in [0.4, 0.5) is 0 Å². The van der Waals surface area contributed by atoms with Crippen molar-refractivity contribution in [2.75, 3.05) is 19.5 Å². The zero-order valence-corrected chi connectivity index (χ0v) is 20.9. The molecule has 0 aromatic heterocycles. The van der Waals surface area contributed by atoms with Crippen LogP contribution in [0.3, 0.4) is 0 Å². The van der Waals surface area contributed by atoms with Crippen LogP contribution in [0.5, 0.6) is 11.5 Å². The van der Waals surface area contributed by atoms with E-state index in [0.717, 1.165) is 46.8 Å². The number of hydrogen-bond donors (Lipinski definition) is 2. The molecule has 0 amide bonds. The van der Waals surface area contributed by atoms with E-state index in [4.69, 9.17) is 21.4 Å². The third-order valence-corrected chi connectivity index (χ3v) is 6.76. The first-order valence-electron chi connectivity index (χ1n) is 11.1. The highest BCUT2D eigenvalue weighted by atomic mass is 35.5. The molecule has 0 fully saturated rings. The largest absolute Gasteiger partial charge is 0.507 e. The maximum atomic E-state index is 11.1. The molecule has 33 heavy (non-hydrogen) atoms. The Morgan fingerprint density at radius 3 is 2.73 bits per heavy atom. The Morgan fingerprint density at radius 2 is 2.06 bits per heavy atom. The first-order valence-corrected chi connectivity index (χ1v) is 12.4. The number of phenolic OH excluding ortho intramolecular Hbond substituents is 1. The van der Waals surface area contributed by atoms with E-state index in [2.05, 4.69) is 16.9 Å². The molecule has 2 rings (SSSR count). The van der Waals surface area contributed by atoms with Crippen LogP contribution >= 0.6 is 23.4 Å². The van der Waals surface area contributed by atoms with Crippen molar-refractivity contribution in [3.63, 3.8) is 0 Å². The van der Waals surface area contributed by atoms with Gasteiger partial charge in [0.15, 0.2) is 0 Å². The normalized spacial score (nSPS) is 12.1. The van der Waals surface area contributed by atoms with E-state index in [9.17, 15) is 9.90 Å². The zero-order chi connectivity index (χ0) is 24.2. The molecule has 2 aromatic rings. The van der Waals surface area contributed by atoms with Crippen LogP contribution in [0.25, 0.3) is 0 Å². The predicted molar refractivity (Wildman–Crippen MR) is 134 cm³/mol. The molecular formula is C25H32ClNO5S. The van der Waals surface area contributed by atoms with Crippen LogP contribution in [-0.4, -0.2) is 41.9 Å². The lowest BCUT2D eigenvalue weighted by Gasteiger charge is -2.15. The Hall–Kier alpha value is -2.38. The summed E-state index contributed by atoms with van der Waals surface area (Å²) in [5.41, 5.74) is 2.41. The van der Waals surface area contributed by atoms with Gasteiger partial charge in [-0.05, 0) is 61.9 Å². The van der Waals surface area contributed by atoms with Crippen LogP contribution in [0.15, 0.2) is 40.4 Å². The molecular weight excluding hydrogens is 462 g/mol. The Kier molecular flexibility index (Phi) is 11.4. The number of phenols is 1. The van der Waals surface area contributed by atoms with Gasteiger partial charge in [-0.25, -0.2) is 0 Å². The fourth-order valence-electron chi connectivity index (χ4n) is 3.31. The summed E-state index contributed by atoms with van der Waals surface area (Å²) >= 11 is 7.95. The van der Waals surface area contributed by atoms with Gasteiger partial charge >= 0.3 is 5.97 Å². The number of aromatic hydroxyl groups is 1. The Labute approximate surface area is 204 Å². The maximum Gasteiger partial charge on any atom is 0.310 e. The van der Waals surface area contributed by atoms with Crippen LogP contribution in [0, 0.1) is 0 Å². The smallest absolute Gasteiger partial charge is 0.310 e. The molecule has 8 heteroatoms. The second kappa shape index (κ2) is 14.0. The van der Waals surface area contributed by atoms with Gasteiger partial charge in [-0.1, -0.05) is 42.2 Å².